The first-order valence-corrected chi connectivity index (χ1v) is 6.23. The van der Waals surface area contributed by atoms with Crippen molar-refractivity contribution in [2.45, 2.75) is 0 Å². The van der Waals surface area contributed by atoms with Crippen LogP contribution in [0.3, 0.4) is 0 Å². The molecule has 0 aliphatic rings. The smallest absolute Gasteiger partial charge is 0.341 e. The maximum absolute atomic E-state index is 13.3. The van der Waals surface area contributed by atoms with E-state index in [1.54, 1.807) is 0 Å². The fraction of sp³-hybridized carbons (Fsp3) is 0.0667. The number of nitrogens with one attached hydrogen (secondary N) is 1. The molecule has 0 aromatic heterocycles. The lowest BCUT2D eigenvalue weighted by molar-refractivity contribution is -0.119. The van der Waals surface area contributed by atoms with Gasteiger partial charge in [-0.3, -0.25) is 4.79 Å². The third-order valence-electron chi connectivity index (χ3n) is 2.63. The molecule has 0 unspecified atom stereocenters. The van der Waals surface area contributed by atoms with E-state index < -0.39 is 47.3 Å². The minimum absolute atomic E-state index is 0.170. The van der Waals surface area contributed by atoms with Gasteiger partial charge in [-0.25, -0.2) is 22.4 Å². The van der Waals surface area contributed by atoms with Gasteiger partial charge in [-0.1, -0.05) is 0 Å². The summed E-state index contributed by atoms with van der Waals surface area (Å²) in [6, 6.07) is 4.56. The number of hydrogen-bond acceptors (Lipinski definition) is 3. The lowest BCUT2D eigenvalue weighted by Gasteiger charge is -2.07. The summed E-state index contributed by atoms with van der Waals surface area (Å²) in [6.45, 7) is -0.812. The molecule has 2 rings (SSSR count). The lowest BCUT2D eigenvalue weighted by atomic mass is 10.2. The summed E-state index contributed by atoms with van der Waals surface area (Å²) in [7, 11) is 0. The number of halogens is 4. The summed E-state index contributed by atoms with van der Waals surface area (Å²) < 4.78 is 56.5. The summed E-state index contributed by atoms with van der Waals surface area (Å²) in [4.78, 5) is 23.1. The van der Waals surface area contributed by atoms with Gasteiger partial charge in [0.1, 0.15) is 23.3 Å². The standard InChI is InChI=1S/C15H9F4NO3/c16-8-1-2-12(13(19)6-8)15(22)23-7-14(21)20-11-4-9(17)3-10(18)5-11/h1-6H,7H2,(H,20,21). The summed E-state index contributed by atoms with van der Waals surface area (Å²) in [5.74, 6) is -5.86. The van der Waals surface area contributed by atoms with Gasteiger partial charge in [0, 0.05) is 17.8 Å². The molecule has 0 heterocycles. The molecule has 0 atom stereocenters. The normalized spacial score (nSPS) is 10.3. The number of carbonyl (C=O) groups is 2. The van der Waals surface area contributed by atoms with Crippen LogP contribution in [0, 0.1) is 23.3 Å². The van der Waals surface area contributed by atoms with E-state index in [-0.39, 0.29) is 5.69 Å². The summed E-state index contributed by atoms with van der Waals surface area (Å²) in [5, 5.41) is 2.10. The quantitative estimate of drug-likeness (QED) is 0.694. The fourth-order valence-corrected chi connectivity index (χ4v) is 1.69. The molecule has 2 aromatic rings. The van der Waals surface area contributed by atoms with Crippen LogP contribution in [-0.4, -0.2) is 18.5 Å². The highest BCUT2D eigenvalue weighted by atomic mass is 19.1. The van der Waals surface area contributed by atoms with E-state index in [1.165, 1.54) is 0 Å². The minimum atomic E-state index is -1.18. The Morgan fingerprint density at radius 1 is 0.913 bits per heavy atom. The Balaban J connectivity index is 1.94. The van der Waals surface area contributed by atoms with Crippen molar-refractivity contribution in [1.82, 2.24) is 0 Å². The van der Waals surface area contributed by atoms with E-state index in [0.717, 1.165) is 24.3 Å². The monoisotopic (exact) mass is 327 g/mol. The first-order chi connectivity index (χ1) is 10.8. The Labute approximate surface area is 127 Å². The number of benzene rings is 2. The molecule has 0 radical (unpaired) electrons. The molecule has 23 heavy (non-hydrogen) atoms. The lowest BCUT2D eigenvalue weighted by Crippen LogP contribution is -2.21. The number of hydrogen-bond donors (Lipinski definition) is 1. The van der Waals surface area contributed by atoms with Gasteiger partial charge in [-0.15, -0.1) is 0 Å². The highest BCUT2D eigenvalue weighted by Gasteiger charge is 2.15. The van der Waals surface area contributed by atoms with Crippen molar-refractivity contribution in [1.29, 1.82) is 0 Å². The van der Waals surface area contributed by atoms with Crippen molar-refractivity contribution in [2.75, 3.05) is 11.9 Å². The van der Waals surface area contributed by atoms with E-state index in [4.69, 9.17) is 0 Å². The maximum Gasteiger partial charge on any atom is 0.341 e. The zero-order valence-electron chi connectivity index (χ0n) is 11.4. The molecule has 0 saturated heterocycles. The van der Waals surface area contributed by atoms with Crippen molar-refractivity contribution >= 4 is 17.6 Å². The van der Waals surface area contributed by atoms with Crippen LogP contribution < -0.4 is 5.32 Å². The van der Waals surface area contributed by atoms with Crippen LogP contribution in [0.25, 0.3) is 0 Å². The second-order valence-corrected chi connectivity index (χ2v) is 4.41. The van der Waals surface area contributed by atoms with Gasteiger partial charge in [-0.05, 0) is 24.3 Å². The molecule has 2 aromatic carbocycles. The predicted octanol–water partition coefficient (Wildman–Crippen LogP) is 3.04. The molecule has 8 heteroatoms. The number of rotatable bonds is 4. The molecule has 0 saturated carbocycles. The maximum atomic E-state index is 13.3. The summed E-state index contributed by atoms with van der Waals surface area (Å²) in [6.07, 6.45) is 0. The van der Waals surface area contributed by atoms with E-state index in [0.29, 0.717) is 12.1 Å². The Morgan fingerprint density at radius 2 is 1.57 bits per heavy atom. The van der Waals surface area contributed by atoms with Crippen LogP contribution >= 0.6 is 0 Å². The van der Waals surface area contributed by atoms with Gasteiger partial charge >= 0.3 is 5.97 Å². The highest BCUT2D eigenvalue weighted by Crippen LogP contribution is 2.13. The van der Waals surface area contributed by atoms with Crippen LogP contribution in [0.4, 0.5) is 23.2 Å². The van der Waals surface area contributed by atoms with E-state index in [1.807, 2.05) is 0 Å². The second kappa shape index (κ2) is 6.91. The molecule has 4 nitrogen and oxygen atoms in total. The first kappa shape index (κ1) is 16.5. The largest absolute Gasteiger partial charge is 0.452 e. The van der Waals surface area contributed by atoms with Crippen molar-refractivity contribution < 1.29 is 31.9 Å². The third kappa shape index (κ3) is 4.53. The average molecular weight is 327 g/mol. The molecular formula is C15H9F4NO3. The second-order valence-electron chi connectivity index (χ2n) is 4.41. The van der Waals surface area contributed by atoms with Gasteiger partial charge < -0.3 is 10.1 Å². The topological polar surface area (TPSA) is 55.4 Å². The van der Waals surface area contributed by atoms with Crippen LogP contribution in [0.1, 0.15) is 10.4 Å². The Kier molecular flexibility index (Phi) is 4.95. The molecule has 120 valence electrons. The minimum Gasteiger partial charge on any atom is -0.452 e. The van der Waals surface area contributed by atoms with Crippen LogP contribution in [0.5, 0.6) is 0 Å². The highest BCUT2D eigenvalue weighted by molar-refractivity contribution is 5.95. The number of esters is 1. The Hall–Kier alpha value is -2.90. The number of anilines is 1. The first-order valence-electron chi connectivity index (χ1n) is 6.23. The number of amides is 1. The van der Waals surface area contributed by atoms with Gasteiger partial charge in [0.2, 0.25) is 0 Å². The van der Waals surface area contributed by atoms with Crippen LogP contribution in [0.15, 0.2) is 36.4 Å². The van der Waals surface area contributed by atoms with E-state index in [9.17, 15) is 27.2 Å². The van der Waals surface area contributed by atoms with Crippen molar-refractivity contribution in [2.24, 2.45) is 0 Å². The van der Waals surface area contributed by atoms with Crippen molar-refractivity contribution in [3.63, 3.8) is 0 Å². The third-order valence-corrected chi connectivity index (χ3v) is 2.63. The average Bonchev–Trinajstić information content (AvgIpc) is 2.43. The summed E-state index contributed by atoms with van der Waals surface area (Å²) >= 11 is 0. The molecule has 1 N–H and O–H groups in total. The van der Waals surface area contributed by atoms with E-state index in [2.05, 4.69) is 10.1 Å². The molecule has 0 aliphatic heterocycles. The zero-order valence-corrected chi connectivity index (χ0v) is 11.4. The van der Waals surface area contributed by atoms with Gasteiger partial charge in [-0.2, -0.15) is 0 Å². The van der Waals surface area contributed by atoms with Gasteiger partial charge in [0.15, 0.2) is 6.61 Å². The van der Waals surface area contributed by atoms with E-state index >= 15 is 0 Å². The molecule has 1 amide bonds. The van der Waals surface area contributed by atoms with Gasteiger partial charge in [0.05, 0.1) is 5.56 Å². The number of ether oxygens (including phenoxy) is 1. The molecule has 0 spiro atoms. The molecule has 0 bridgehead atoms. The summed E-state index contributed by atoms with van der Waals surface area (Å²) in [5.41, 5.74) is -0.715. The fourth-order valence-electron chi connectivity index (χ4n) is 1.69. The predicted molar refractivity (Wildman–Crippen MR) is 71.6 cm³/mol. The Morgan fingerprint density at radius 3 is 2.17 bits per heavy atom. The van der Waals surface area contributed by atoms with Crippen molar-refractivity contribution in [3.05, 3.63) is 65.2 Å². The van der Waals surface area contributed by atoms with Crippen molar-refractivity contribution in [3.8, 4) is 0 Å². The SMILES string of the molecule is O=C(COC(=O)c1ccc(F)cc1F)Nc1cc(F)cc(F)c1. The van der Waals surface area contributed by atoms with Gasteiger partial charge in [0.25, 0.3) is 5.91 Å². The Bertz CT molecular complexity index is 744. The molecule has 0 fully saturated rings. The van der Waals surface area contributed by atoms with Crippen LogP contribution in [-0.2, 0) is 9.53 Å². The molecule has 0 aliphatic carbocycles. The van der Waals surface area contributed by atoms with Crippen LogP contribution in [0.2, 0.25) is 0 Å². The zero-order chi connectivity index (χ0) is 17.0. The molecular weight excluding hydrogens is 318 g/mol. The number of carbonyl (C=O) groups excluding carboxylic acids is 2.